The number of carbonyl (C=O) groups is 1. The topological polar surface area (TPSA) is 48.3 Å². The fourth-order valence-corrected chi connectivity index (χ4v) is 2.68. The third-order valence-corrected chi connectivity index (χ3v) is 3.87. The van der Waals surface area contributed by atoms with E-state index in [1.165, 1.54) is 17.6 Å². The first-order valence-electron chi connectivity index (χ1n) is 6.65. The van der Waals surface area contributed by atoms with Crippen LogP contribution in [0, 0.1) is 0 Å². The Bertz CT molecular complexity index is 441. The summed E-state index contributed by atoms with van der Waals surface area (Å²) in [6.07, 6.45) is 5.01. The first-order chi connectivity index (χ1) is 9.13. The monoisotopic (exact) mass is 305 g/mol. The van der Waals surface area contributed by atoms with Crippen LogP contribution >= 0.6 is 23.1 Å². The van der Waals surface area contributed by atoms with E-state index in [9.17, 15) is 9.59 Å². The summed E-state index contributed by atoms with van der Waals surface area (Å²) in [7, 11) is 0. The maximum atomic E-state index is 11.4. The van der Waals surface area contributed by atoms with Crippen molar-refractivity contribution in [1.29, 1.82) is 0 Å². The molecule has 108 valence electrons. The van der Waals surface area contributed by atoms with Crippen LogP contribution in [0.3, 0.4) is 0 Å². The fourth-order valence-electron chi connectivity index (χ4n) is 1.61. The lowest BCUT2D eigenvalue weighted by molar-refractivity contribution is -0.143. The van der Waals surface area contributed by atoms with Gasteiger partial charge >= 0.3 is 5.97 Å². The Morgan fingerprint density at radius 2 is 2.16 bits per heavy atom. The maximum absolute atomic E-state index is 11.4. The lowest BCUT2D eigenvalue weighted by Gasteiger charge is -2.04. The van der Waals surface area contributed by atoms with Crippen molar-refractivity contribution in [1.82, 2.24) is 3.96 Å². The van der Waals surface area contributed by atoms with Crippen molar-refractivity contribution in [2.45, 2.75) is 52.0 Å². The van der Waals surface area contributed by atoms with Gasteiger partial charge < -0.3 is 4.74 Å². The van der Waals surface area contributed by atoms with Gasteiger partial charge in [0.15, 0.2) is 0 Å². The second kappa shape index (κ2) is 9.15. The summed E-state index contributed by atoms with van der Waals surface area (Å²) in [4.78, 5) is 22.7. The molecule has 0 spiro atoms. The van der Waals surface area contributed by atoms with Crippen molar-refractivity contribution in [3.05, 3.63) is 20.8 Å². The number of carbonyl (C=O) groups excluding carboxylic acids is 1. The first kappa shape index (κ1) is 16.2. The number of halogens is 1. The molecule has 0 bridgehead atoms. The molecular formula is C13H20ClNO3S. The molecule has 0 fully saturated rings. The van der Waals surface area contributed by atoms with Gasteiger partial charge in [-0.25, -0.2) is 0 Å². The van der Waals surface area contributed by atoms with Crippen molar-refractivity contribution >= 4 is 29.1 Å². The molecule has 0 amide bonds. The van der Waals surface area contributed by atoms with Gasteiger partial charge in [-0.05, 0) is 30.8 Å². The van der Waals surface area contributed by atoms with Crippen LogP contribution in [0.5, 0.6) is 0 Å². The van der Waals surface area contributed by atoms with E-state index in [2.05, 4.69) is 6.92 Å². The molecule has 0 saturated carbocycles. The third-order valence-electron chi connectivity index (χ3n) is 2.68. The SMILES string of the molecule is CCCCOC(=O)CCCCCn1sc(Cl)cc1=O. The number of nitrogens with zero attached hydrogens (tertiary/aromatic N) is 1. The van der Waals surface area contributed by atoms with Crippen LogP contribution in [0.1, 0.15) is 45.4 Å². The summed E-state index contributed by atoms with van der Waals surface area (Å²) in [5.41, 5.74) is -0.0472. The molecule has 0 aliphatic heterocycles. The Hall–Kier alpha value is -0.810. The van der Waals surface area contributed by atoms with Gasteiger partial charge in [0.05, 0.1) is 6.61 Å². The Balaban J connectivity index is 2.06. The molecule has 0 aliphatic carbocycles. The zero-order valence-corrected chi connectivity index (χ0v) is 12.8. The molecule has 0 radical (unpaired) electrons. The van der Waals surface area contributed by atoms with Crippen LogP contribution < -0.4 is 5.56 Å². The van der Waals surface area contributed by atoms with Gasteiger partial charge in [-0.15, -0.1) is 0 Å². The molecule has 0 aliphatic rings. The molecule has 1 aromatic heterocycles. The minimum atomic E-state index is -0.121. The Morgan fingerprint density at radius 1 is 1.37 bits per heavy atom. The Kier molecular flexibility index (Phi) is 7.82. The van der Waals surface area contributed by atoms with E-state index in [1.54, 1.807) is 3.96 Å². The van der Waals surface area contributed by atoms with Gasteiger partial charge in [0, 0.05) is 19.0 Å². The van der Waals surface area contributed by atoms with Crippen LogP contribution in [0.4, 0.5) is 0 Å². The number of aromatic nitrogens is 1. The number of hydrogen-bond donors (Lipinski definition) is 0. The normalized spacial score (nSPS) is 10.6. The predicted octanol–water partition coefficient (Wildman–Crippen LogP) is 3.47. The Morgan fingerprint density at radius 3 is 2.79 bits per heavy atom. The highest BCUT2D eigenvalue weighted by molar-refractivity contribution is 7.11. The molecule has 0 atom stereocenters. The maximum Gasteiger partial charge on any atom is 0.305 e. The summed E-state index contributed by atoms with van der Waals surface area (Å²) in [5, 5.41) is 0. The number of rotatable bonds is 9. The zero-order valence-electron chi connectivity index (χ0n) is 11.2. The van der Waals surface area contributed by atoms with E-state index in [-0.39, 0.29) is 11.5 Å². The van der Waals surface area contributed by atoms with E-state index < -0.39 is 0 Å². The fraction of sp³-hybridized carbons (Fsp3) is 0.692. The minimum absolute atomic E-state index is 0.0472. The molecule has 0 saturated heterocycles. The molecule has 6 heteroatoms. The van der Waals surface area contributed by atoms with E-state index >= 15 is 0 Å². The summed E-state index contributed by atoms with van der Waals surface area (Å²) >= 11 is 7.01. The van der Waals surface area contributed by atoms with Crippen LogP contribution in [-0.4, -0.2) is 16.5 Å². The van der Waals surface area contributed by atoms with Crippen molar-refractivity contribution < 1.29 is 9.53 Å². The van der Waals surface area contributed by atoms with Crippen LogP contribution in [0.25, 0.3) is 0 Å². The lowest BCUT2D eigenvalue weighted by Crippen LogP contribution is -2.11. The van der Waals surface area contributed by atoms with Crippen molar-refractivity contribution in [3.63, 3.8) is 0 Å². The highest BCUT2D eigenvalue weighted by atomic mass is 35.5. The standard InChI is InChI=1S/C13H20ClNO3S/c1-2-3-9-18-13(17)7-5-4-6-8-15-12(16)10-11(14)19-15/h10H,2-9H2,1H3. The third kappa shape index (κ3) is 6.78. The second-order valence-corrected chi connectivity index (χ2v) is 6.06. The molecule has 0 aromatic carbocycles. The van der Waals surface area contributed by atoms with Gasteiger partial charge in [-0.2, -0.15) is 0 Å². The minimum Gasteiger partial charge on any atom is -0.466 e. The number of unbranched alkanes of at least 4 members (excludes halogenated alkanes) is 3. The molecule has 1 rings (SSSR count). The average Bonchev–Trinajstić information content (AvgIpc) is 2.68. The molecule has 1 aromatic rings. The van der Waals surface area contributed by atoms with Gasteiger partial charge in [0.1, 0.15) is 4.34 Å². The predicted molar refractivity (Wildman–Crippen MR) is 77.9 cm³/mol. The largest absolute Gasteiger partial charge is 0.466 e. The zero-order chi connectivity index (χ0) is 14.1. The molecule has 0 unspecified atom stereocenters. The molecule has 1 heterocycles. The van der Waals surface area contributed by atoms with Gasteiger partial charge in [-0.3, -0.25) is 13.5 Å². The van der Waals surface area contributed by atoms with Crippen LogP contribution in [-0.2, 0) is 16.1 Å². The molecular weight excluding hydrogens is 286 g/mol. The van der Waals surface area contributed by atoms with Crippen LogP contribution in [0.2, 0.25) is 4.34 Å². The van der Waals surface area contributed by atoms with Crippen molar-refractivity contribution in [3.8, 4) is 0 Å². The number of hydrogen-bond acceptors (Lipinski definition) is 4. The highest BCUT2D eigenvalue weighted by Crippen LogP contribution is 2.13. The van der Waals surface area contributed by atoms with Gasteiger partial charge in [0.2, 0.25) is 0 Å². The van der Waals surface area contributed by atoms with Crippen molar-refractivity contribution in [2.75, 3.05) is 6.61 Å². The van der Waals surface area contributed by atoms with E-state index in [4.69, 9.17) is 16.3 Å². The number of aryl methyl sites for hydroxylation is 1. The summed E-state index contributed by atoms with van der Waals surface area (Å²) in [6, 6.07) is 1.43. The molecule has 19 heavy (non-hydrogen) atoms. The second-order valence-electron chi connectivity index (χ2n) is 4.36. The quantitative estimate of drug-likeness (QED) is 0.518. The Labute approximate surface area is 122 Å². The smallest absolute Gasteiger partial charge is 0.305 e. The van der Waals surface area contributed by atoms with E-state index in [1.807, 2.05) is 0 Å². The molecule has 0 N–H and O–H groups in total. The number of esters is 1. The van der Waals surface area contributed by atoms with Crippen molar-refractivity contribution in [2.24, 2.45) is 0 Å². The summed E-state index contributed by atoms with van der Waals surface area (Å²) in [6.45, 7) is 3.26. The first-order valence-corrected chi connectivity index (χ1v) is 7.81. The van der Waals surface area contributed by atoms with E-state index in [0.29, 0.717) is 23.9 Å². The summed E-state index contributed by atoms with van der Waals surface area (Å²) < 4.78 is 7.22. The van der Waals surface area contributed by atoms with Gasteiger partial charge in [0.25, 0.3) is 5.56 Å². The average molecular weight is 306 g/mol. The lowest BCUT2D eigenvalue weighted by atomic mass is 10.2. The molecule has 4 nitrogen and oxygen atoms in total. The van der Waals surface area contributed by atoms with Gasteiger partial charge in [-0.1, -0.05) is 31.4 Å². The van der Waals surface area contributed by atoms with Crippen LogP contribution in [0.15, 0.2) is 10.9 Å². The summed E-state index contributed by atoms with van der Waals surface area (Å²) in [5.74, 6) is -0.121. The van der Waals surface area contributed by atoms with E-state index in [0.717, 1.165) is 32.1 Å². The highest BCUT2D eigenvalue weighted by Gasteiger charge is 2.04. The number of ether oxygens (including phenoxy) is 1.